The number of aliphatic carboxylic acids is 1. The van der Waals surface area contributed by atoms with E-state index in [0.29, 0.717) is 0 Å². The number of carboxylic acids is 1. The lowest BCUT2D eigenvalue weighted by atomic mass is 10.4. The Balaban J connectivity index is -0.000000119. The first-order valence-corrected chi connectivity index (χ1v) is 9.04. The zero-order chi connectivity index (χ0) is 20.9. The average molecular weight is 389 g/mol. The van der Waals surface area contributed by atoms with E-state index in [-0.39, 0.29) is 0 Å². The van der Waals surface area contributed by atoms with Gasteiger partial charge in [-0.3, -0.25) is 4.18 Å². The van der Waals surface area contributed by atoms with Crippen LogP contribution in [-0.2, 0) is 19.4 Å². The first-order chi connectivity index (χ1) is 11.4. The lowest BCUT2D eigenvalue weighted by Crippen LogP contribution is -3.05. The van der Waals surface area contributed by atoms with E-state index < -0.39 is 16.4 Å². The van der Waals surface area contributed by atoms with Gasteiger partial charge in [0.25, 0.3) is 0 Å². The van der Waals surface area contributed by atoms with E-state index in [0.717, 1.165) is 39.1 Å². The second-order valence-corrected chi connectivity index (χ2v) is 6.45. The van der Waals surface area contributed by atoms with Gasteiger partial charge in [-0.05, 0) is 19.2 Å². The number of hydrogen-bond acceptors (Lipinski definition) is 8. The highest BCUT2D eigenvalue weighted by Crippen LogP contribution is 1.74. The molecule has 25 heavy (non-hydrogen) atoms. The molecule has 10 nitrogen and oxygen atoms in total. The maximum atomic E-state index is 9.22. The normalized spacial score (nSPS) is 9.84. The molecule has 0 aromatic rings. The molecular weight excluding hydrogens is 352 g/mol. The molecule has 0 radical (unpaired) electrons. The predicted octanol–water partition coefficient (Wildman–Crippen LogP) is -5.03. The summed E-state index contributed by atoms with van der Waals surface area (Å²) >= 11 is 0. The second-order valence-electron chi connectivity index (χ2n) is 5.30. The summed E-state index contributed by atoms with van der Waals surface area (Å²) < 4.78 is 31.0. The minimum atomic E-state index is -4.41. The van der Waals surface area contributed by atoms with E-state index in [1.54, 1.807) is 0 Å². The van der Waals surface area contributed by atoms with Crippen LogP contribution in [0.2, 0.25) is 0 Å². The number of carbonyl (C=O) groups is 1. The van der Waals surface area contributed by atoms with Crippen LogP contribution in [0.25, 0.3) is 0 Å². The van der Waals surface area contributed by atoms with Crippen molar-refractivity contribution in [1.29, 1.82) is 0 Å². The molecule has 0 rings (SSSR count). The van der Waals surface area contributed by atoms with Crippen LogP contribution in [-0.4, -0.2) is 80.4 Å². The van der Waals surface area contributed by atoms with Crippen LogP contribution in [0.3, 0.4) is 0 Å². The fourth-order valence-corrected chi connectivity index (χ4v) is 0.911. The van der Waals surface area contributed by atoms with Gasteiger partial charge in [0.15, 0.2) is 0 Å². The van der Waals surface area contributed by atoms with E-state index in [2.05, 4.69) is 39.0 Å². The molecule has 0 aliphatic heterocycles. The SMILES string of the molecule is C=CC(=O)[O-].COS(=O)(=O)[O-].C[NH+](C)CCCN.C[NH+](C)CCCN. The minimum absolute atomic E-state index is 0.722. The number of hydrogen-bond donors (Lipinski definition) is 4. The summed E-state index contributed by atoms with van der Waals surface area (Å²) in [4.78, 5) is 12.1. The third-order valence-electron chi connectivity index (χ3n) is 2.13. The smallest absolute Gasteiger partial charge is 0.217 e. The molecule has 0 heterocycles. The van der Waals surface area contributed by atoms with Crippen LogP contribution in [0.4, 0.5) is 0 Å². The lowest BCUT2D eigenvalue weighted by Gasteiger charge is -2.03. The number of nitrogens with one attached hydrogen (secondary N) is 2. The first-order valence-electron chi connectivity index (χ1n) is 7.70. The summed E-state index contributed by atoms with van der Waals surface area (Å²) in [6.07, 6.45) is 3.00. The maximum Gasteiger partial charge on any atom is 0.217 e. The molecule has 0 saturated heterocycles. The number of quaternary nitrogens is 2. The summed E-state index contributed by atoms with van der Waals surface area (Å²) in [5, 5.41) is 9.14. The number of carbonyl (C=O) groups excluding carboxylic acids is 1. The summed E-state index contributed by atoms with van der Waals surface area (Å²) in [7, 11) is 4.93. The molecule has 0 aromatic heterocycles. The molecule has 0 spiro atoms. The molecule has 0 unspecified atom stereocenters. The van der Waals surface area contributed by atoms with E-state index >= 15 is 0 Å². The Bertz CT molecular complexity index is 377. The molecule has 0 saturated carbocycles. The van der Waals surface area contributed by atoms with Crippen molar-refractivity contribution in [2.45, 2.75) is 12.8 Å². The summed E-state index contributed by atoms with van der Waals surface area (Å²) in [6, 6.07) is 0. The topological polar surface area (TPSA) is 167 Å². The highest BCUT2D eigenvalue weighted by molar-refractivity contribution is 7.80. The van der Waals surface area contributed by atoms with Crippen molar-refractivity contribution in [3.63, 3.8) is 0 Å². The third kappa shape index (κ3) is 70.6. The molecule has 11 heteroatoms. The van der Waals surface area contributed by atoms with Gasteiger partial charge in [-0.1, -0.05) is 6.58 Å². The largest absolute Gasteiger partial charge is 0.726 e. The van der Waals surface area contributed by atoms with Crippen molar-refractivity contribution < 1.29 is 36.9 Å². The van der Waals surface area contributed by atoms with Crippen molar-refractivity contribution >= 4 is 16.4 Å². The van der Waals surface area contributed by atoms with Gasteiger partial charge in [0.05, 0.1) is 54.4 Å². The zero-order valence-electron chi connectivity index (χ0n) is 16.0. The van der Waals surface area contributed by atoms with Crippen LogP contribution in [0.5, 0.6) is 0 Å². The lowest BCUT2D eigenvalue weighted by molar-refractivity contribution is -0.858. The van der Waals surface area contributed by atoms with Gasteiger partial charge in [-0.25, -0.2) is 8.42 Å². The molecule has 0 bridgehead atoms. The van der Waals surface area contributed by atoms with E-state index in [9.17, 15) is 13.0 Å². The number of rotatable bonds is 8. The molecule has 0 aliphatic rings. The van der Waals surface area contributed by atoms with Gasteiger partial charge in [-0.15, -0.1) is 0 Å². The highest BCUT2D eigenvalue weighted by atomic mass is 32.3. The fourth-order valence-electron chi connectivity index (χ4n) is 0.911. The third-order valence-corrected chi connectivity index (χ3v) is 2.54. The molecule has 0 fully saturated rings. The fraction of sp³-hybridized carbons (Fsp3) is 0.786. The Morgan fingerprint density at radius 3 is 1.36 bits per heavy atom. The zero-order valence-corrected chi connectivity index (χ0v) is 16.9. The Labute approximate surface area is 152 Å². The Hall–Kier alpha value is -1.08. The summed E-state index contributed by atoms with van der Waals surface area (Å²) in [5.74, 6) is -1.23. The van der Waals surface area contributed by atoms with Gasteiger partial charge < -0.3 is 35.7 Å². The van der Waals surface area contributed by atoms with Gasteiger partial charge in [0.2, 0.25) is 10.4 Å². The van der Waals surface area contributed by atoms with Crippen LogP contribution >= 0.6 is 0 Å². The number of carboxylic acid groups (broad SMARTS) is 1. The molecule has 0 amide bonds. The van der Waals surface area contributed by atoms with Gasteiger partial charge >= 0.3 is 0 Å². The Morgan fingerprint density at radius 2 is 1.32 bits per heavy atom. The summed E-state index contributed by atoms with van der Waals surface area (Å²) in [5.41, 5.74) is 10.5. The van der Waals surface area contributed by atoms with Crippen LogP contribution in [0.15, 0.2) is 12.7 Å². The molecule has 0 atom stereocenters. The first kappa shape index (κ1) is 31.7. The van der Waals surface area contributed by atoms with Crippen molar-refractivity contribution in [3.05, 3.63) is 12.7 Å². The van der Waals surface area contributed by atoms with Crippen LogP contribution in [0, 0.1) is 0 Å². The Morgan fingerprint density at radius 1 is 1.08 bits per heavy atom. The molecule has 6 N–H and O–H groups in total. The molecular formula is C14H36N4O6S. The standard InChI is InChI=1S/2C5H14N2.C3H4O2.CH4O4S/c2*1-7(2)5-3-4-6;1-2-3(4)5;1-5-6(2,3)4/h2*3-6H2,1-2H3;2H,1H2,(H,4,5);1H3,(H,2,3,4). The molecule has 154 valence electrons. The van der Waals surface area contributed by atoms with Gasteiger partial charge in [-0.2, -0.15) is 0 Å². The van der Waals surface area contributed by atoms with Crippen LogP contribution in [0.1, 0.15) is 12.8 Å². The monoisotopic (exact) mass is 388 g/mol. The Kier molecular flexibility index (Phi) is 29.0. The molecule has 0 aliphatic carbocycles. The average Bonchev–Trinajstić information content (AvgIpc) is 2.51. The van der Waals surface area contributed by atoms with Crippen LogP contribution < -0.4 is 26.4 Å². The minimum Gasteiger partial charge on any atom is -0.726 e. The quantitative estimate of drug-likeness (QED) is 0.182. The van der Waals surface area contributed by atoms with Gasteiger partial charge in [0.1, 0.15) is 0 Å². The van der Waals surface area contributed by atoms with E-state index in [1.807, 2.05) is 0 Å². The van der Waals surface area contributed by atoms with Crippen molar-refractivity contribution in [2.24, 2.45) is 11.5 Å². The van der Waals surface area contributed by atoms with E-state index in [1.165, 1.54) is 22.9 Å². The van der Waals surface area contributed by atoms with Gasteiger partial charge in [0, 0.05) is 12.8 Å². The number of nitrogens with two attached hydrogens (primary N) is 2. The maximum absolute atomic E-state index is 9.22. The van der Waals surface area contributed by atoms with Crippen molar-refractivity contribution in [1.82, 2.24) is 0 Å². The van der Waals surface area contributed by atoms with E-state index in [4.69, 9.17) is 21.4 Å². The second kappa shape index (κ2) is 22.9. The van der Waals surface area contributed by atoms with Crippen molar-refractivity contribution in [2.75, 3.05) is 61.5 Å². The van der Waals surface area contributed by atoms with Crippen molar-refractivity contribution in [3.8, 4) is 0 Å². The predicted molar refractivity (Wildman–Crippen MR) is 94.6 cm³/mol. The highest BCUT2D eigenvalue weighted by Gasteiger charge is 1.88. The summed E-state index contributed by atoms with van der Waals surface area (Å²) in [6.45, 7) is 6.93. The molecule has 0 aromatic carbocycles.